The van der Waals surface area contributed by atoms with E-state index in [1.807, 2.05) is 12.3 Å². The molecule has 16 heavy (non-hydrogen) atoms. The molecule has 2 aromatic heterocycles. The van der Waals surface area contributed by atoms with Gasteiger partial charge in [0.05, 0.1) is 12.3 Å². The van der Waals surface area contributed by atoms with Crippen LogP contribution >= 0.6 is 0 Å². The van der Waals surface area contributed by atoms with Gasteiger partial charge in [0.15, 0.2) is 5.82 Å². The largest absolute Gasteiger partial charge is 0.393 e. The van der Waals surface area contributed by atoms with Gasteiger partial charge in [-0.2, -0.15) is 5.10 Å². The molecule has 3 rings (SSSR count). The van der Waals surface area contributed by atoms with Crippen LogP contribution in [0.1, 0.15) is 12.8 Å². The fraction of sp³-hybridized carbons (Fsp3) is 0.455. The van der Waals surface area contributed by atoms with E-state index < -0.39 is 0 Å². The van der Waals surface area contributed by atoms with Gasteiger partial charge < -0.3 is 10.4 Å². The lowest BCUT2D eigenvalue weighted by molar-refractivity contribution is 0.0486. The molecular formula is C11H14N4O. The first-order chi connectivity index (χ1) is 7.83. The summed E-state index contributed by atoms with van der Waals surface area (Å²) in [7, 11) is 0. The Hall–Kier alpha value is -1.62. The van der Waals surface area contributed by atoms with Crippen molar-refractivity contribution in [1.82, 2.24) is 14.6 Å². The third-order valence-electron chi connectivity index (χ3n) is 3.09. The van der Waals surface area contributed by atoms with Crippen LogP contribution in [0.5, 0.6) is 0 Å². The van der Waals surface area contributed by atoms with E-state index in [4.69, 9.17) is 0 Å². The molecule has 2 heterocycles. The number of hydrogen-bond donors (Lipinski definition) is 2. The Morgan fingerprint density at radius 3 is 3.12 bits per heavy atom. The Morgan fingerprint density at radius 2 is 2.31 bits per heavy atom. The first-order valence-corrected chi connectivity index (χ1v) is 5.53. The molecule has 0 aliphatic heterocycles. The number of nitrogens with one attached hydrogen (secondary N) is 1. The van der Waals surface area contributed by atoms with Crippen molar-refractivity contribution in [2.45, 2.75) is 18.9 Å². The van der Waals surface area contributed by atoms with Crippen LogP contribution in [0.25, 0.3) is 5.52 Å². The smallest absolute Gasteiger partial charge is 0.152 e. The molecule has 0 aromatic carbocycles. The standard InChI is InChI=1S/C11H14N4O/c16-9-5-8(6-9)7-13-11-10-1-2-14-15(10)4-3-12-11/h1-4,8-9,16H,5-7H2,(H,12,13). The van der Waals surface area contributed by atoms with Crippen molar-refractivity contribution in [3.8, 4) is 0 Å². The molecule has 2 N–H and O–H groups in total. The normalized spacial score (nSPS) is 24.3. The van der Waals surface area contributed by atoms with Gasteiger partial charge in [0.2, 0.25) is 0 Å². The highest BCUT2D eigenvalue weighted by Gasteiger charge is 2.26. The van der Waals surface area contributed by atoms with E-state index >= 15 is 0 Å². The SMILES string of the molecule is OC1CC(CNc2nccn3nccc23)C1. The summed E-state index contributed by atoms with van der Waals surface area (Å²) >= 11 is 0. The van der Waals surface area contributed by atoms with Gasteiger partial charge in [-0.15, -0.1) is 0 Å². The summed E-state index contributed by atoms with van der Waals surface area (Å²) in [6.45, 7) is 0.870. The maximum atomic E-state index is 9.20. The number of nitrogens with zero attached hydrogens (tertiary/aromatic N) is 3. The average molecular weight is 218 g/mol. The van der Waals surface area contributed by atoms with E-state index in [2.05, 4.69) is 15.4 Å². The molecule has 0 atom stereocenters. The zero-order chi connectivity index (χ0) is 11.0. The summed E-state index contributed by atoms with van der Waals surface area (Å²) in [6, 6.07) is 1.94. The highest BCUT2D eigenvalue weighted by atomic mass is 16.3. The number of aromatic nitrogens is 3. The molecule has 5 nitrogen and oxygen atoms in total. The molecule has 1 aliphatic carbocycles. The Bertz CT molecular complexity index is 489. The second-order valence-corrected chi connectivity index (χ2v) is 4.31. The van der Waals surface area contributed by atoms with Crippen LogP contribution in [-0.4, -0.2) is 32.4 Å². The molecule has 0 spiro atoms. The molecule has 0 radical (unpaired) electrons. The van der Waals surface area contributed by atoms with Crippen LogP contribution in [0, 0.1) is 5.92 Å². The Labute approximate surface area is 93.1 Å². The minimum absolute atomic E-state index is 0.0921. The van der Waals surface area contributed by atoms with Crippen molar-refractivity contribution in [2.75, 3.05) is 11.9 Å². The van der Waals surface area contributed by atoms with Crippen LogP contribution in [0.4, 0.5) is 5.82 Å². The Morgan fingerprint density at radius 1 is 1.44 bits per heavy atom. The highest BCUT2D eigenvalue weighted by molar-refractivity contribution is 5.66. The molecule has 0 bridgehead atoms. The lowest BCUT2D eigenvalue weighted by Gasteiger charge is -2.31. The zero-order valence-electron chi connectivity index (χ0n) is 8.87. The lowest BCUT2D eigenvalue weighted by atomic mass is 9.82. The topological polar surface area (TPSA) is 62.5 Å². The molecule has 1 saturated carbocycles. The van der Waals surface area contributed by atoms with Crippen molar-refractivity contribution in [3.05, 3.63) is 24.7 Å². The van der Waals surface area contributed by atoms with Gasteiger partial charge >= 0.3 is 0 Å². The number of aliphatic hydroxyl groups excluding tert-OH is 1. The average Bonchev–Trinajstić information content (AvgIpc) is 2.71. The maximum absolute atomic E-state index is 9.20. The molecule has 0 unspecified atom stereocenters. The lowest BCUT2D eigenvalue weighted by Crippen LogP contribution is -2.33. The predicted molar refractivity (Wildman–Crippen MR) is 60.2 cm³/mol. The molecule has 1 aliphatic rings. The number of anilines is 1. The van der Waals surface area contributed by atoms with Gasteiger partial charge in [0.25, 0.3) is 0 Å². The first-order valence-electron chi connectivity index (χ1n) is 5.53. The number of fused-ring (bicyclic) bond motifs is 1. The van der Waals surface area contributed by atoms with E-state index in [-0.39, 0.29) is 6.10 Å². The molecule has 0 amide bonds. The summed E-state index contributed by atoms with van der Waals surface area (Å²) in [6.07, 6.45) is 7.02. The van der Waals surface area contributed by atoms with Crippen LogP contribution < -0.4 is 5.32 Å². The predicted octanol–water partition coefficient (Wildman–Crippen LogP) is 0.912. The van der Waals surface area contributed by atoms with Gasteiger partial charge in [-0.3, -0.25) is 0 Å². The second kappa shape index (κ2) is 3.75. The fourth-order valence-corrected chi connectivity index (χ4v) is 2.10. The van der Waals surface area contributed by atoms with Crippen molar-refractivity contribution in [1.29, 1.82) is 0 Å². The molecule has 84 valence electrons. The van der Waals surface area contributed by atoms with Gasteiger partial charge in [-0.1, -0.05) is 0 Å². The third kappa shape index (κ3) is 1.63. The van der Waals surface area contributed by atoms with Gasteiger partial charge in [0, 0.05) is 18.9 Å². The summed E-state index contributed by atoms with van der Waals surface area (Å²) in [5.41, 5.74) is 0.988. The minimum atomic E-state index is -0.0921. The van der Waals surface area contributed by atoms with E-state index in [9.17, 15) is 5.11 Å². The molecule has 0 saturated heterocycles. The maximum Gasteiger partial charge on any atom is 0.152 e. The first kappa shape index (κ1) is 9.59. The number of hydrogen-bond acceptors (Lipinski definition) is 4. The van der Waals surface area contributed by atoms with Crippen LogP contribution in [-0.2, 0) is 0 Å². The molecule has 1 fully saturated rings. The molecular weight excluding hydrogens is 204 g/mol. The zero-order valence-corrected chi connectivity index (χ0v) is 8.87. The summed E-state index contributed by atoms with van der Waals surface area (Å²) in [4.78, 5) is 4.29. The van der Waals surface area contributed by atoms with E-state index in [0.717, 1.165) is 30.7 Å². The van der Waals surface area contributed by atoms with E-state index in [0.29, 0.717) is 5.92 Å². The summed E-state index contributed by atoms with van der Waals surface area (Å²) in [5.74, 6) is 1.43. The number of aliphatic hydroxyl groups is 1. The monoisotopic (exact) mass is 218 g/mol. The van der Waals surface area contributed by atoms with Gasteiger partial charge in [-0.25, -0.2) is 9.50 Å². The van der Waals surface area contributed by atoms with Crippen molar-refractivity contribution in [2.24, 2.45) is 5.92 Å². The van der Waals surface area contributed by atoms with Crippen molar-refractivity contribution >= 4 is 11.3 Å². The van der Waals surface area contributed by atoms with Crippen molar-refractivity contribution < 1.29 is 5.11 Å². The number of rotatable bonds is 3. The highest BCUT2D eigenvalue weighted by Crippen LogP contribution is 2.27. The molecule has 2 aromatic rings. The second-order valence-electron chi connectivity index (χ2n) is 4.31. The van der Waals surface area contributed by atoms with Crippen molar-refractivity contribution in [3.63, 3.8) is 0 Å². The van der Waals surface area contributed by atoms with Crippen LogP contribution in [0.3, 0.4) is 0 Å². The van der Waals surface area contributed by atoms with Crippen LogP contribution in [0.15, 0.2) is 24.7 Å². The fourth-order valence-electron chi connectivity index (χ4n) is 2.10. The van der Waals surface area contributed by atoms with Gasteiger partial charge in [-0.05, 0) is 24.8 Å². The summed E-state index contributed by atoms with van der Waals surface area (Å²) < 4.78 is 1.80. The van der Waals surface area contributed by atoms with Gasteiger partial charge in [0.1, 0.15) is 5.52 Å². The van der Waals surface area contributed by atoms with E-state index in [1.54, 1.807) is 16.9 Å². The Kier molecular flexibility index (Phi) is 2.25. The van der Waals surface area contributed by atoms with E-state index in [1.165, 1.54) is 0 Å². The Balaban J connectivity index is 1.71. The minimum Gasteiger partial charge on any atom is -0.393 e. The summed E-state index contributed by atoms with van der Waals surface area (Å²) in [5, 5.41) is 16.7. The molecule has 5 heteroatoms. The third-order valence-corrected chi connectivity index (χ3v) is 3.09. The quantitative estimate of drug-likeness (QED) is 0.804. The van der Waals surface area contributed by atoms with Crippen LogP contribution in [0.2, 0.25) is 0 Å².